The van der Waals surface area contributed by atoms with Gasteiger partial charge in [0.2, 0.25) is 0 Å². The van der Waals surface area contributed by atoms with Gasteiger partial charge in [-0.2, -0.15) is 0 Å². The van der Waals surface area contributed by atoms with E-state index in [-0.39, 0.29) is 11.6 Å². The van der Waals surface area contributed by atoms with Crippen LogP contribution in [0.4, 0.5) is 0 Å². The van der Waals surface area contributed by atoms with Gasteiger partial charge in [0.05, 0.1) is 18.3 Å². The van der Waals surface area contributed by atoms with Gasteiger partial charge in [0.1, 0.15) is 0 Å². The minimum Gasteiger partial charge on any atom is -0.466 e. The van der Waals surface area contributed by atoms with E-state index in [1.54, 1.807) is 6.92 Å². The number of esters is 1. The molecule has 0 rings (SSSR count). The summed E-state index contributed by atoms with van der Waals surface area (Å²) in [6.07, 6.45) is 6.85. The molecule has 0 heterocycles. The van der Waals surface area contributed by atoms with Crippen molar-refractivity contribution in [1.82, 2.24) is 0 Å². The van der Waals surface area contributed by atoms with Crippen molar-refractivity contribution < 1.29 is 14.3 Å². The molecule has 0 aromatic heterocycles. The summed E-state index contributed by atoms with van der Waals surface area (Å²) in [5.74, 6) is -0.211. The van der Waals surface area contributed by atoms with Gasteiger partial charge in [-0.1, -0.05) is 32.6 Å². The van der Waals surface area contributed by atoms with Crippen LogP contribution in [0.5, 0.6) is 0 Å². The third kappa shape index (κ3) is 19.9. The fourth-order valence-electron chi connectivity index (χ4n) is 1.88. The number of ether oxygens (including phenoxy) is 2. The molecule has 0 aromatic rings. The predicted molar refractivity (Wildman–Crippen MR) is 81.4 cm³/mol. The quantitative estimate of drug-likeness (QED) is 0.474. The van der Waals surface area contributed by atoms with E-state index < -0.39 is 0 Å². The highest BCUT2D eigenvalue weighted by atomic mass is 16.5. The molecule has 0 saturated carbocycles. The highest BCUT2D eigenvalue weighted by Crippen LogP contribution is 2.20. The third-order valence-corrected chi connectivity index (χ3v) is 2.53. The molecule has 0 aromatic carbocycles. The van der Waals surface area contributed by atoms with Crippen LogP contribution in [-0.2, 0) is 14.3 Å². The zero-order valence-electron chi connectivity index (χ0n) is 14.0. The van der Waals surface area contributed by atoms with Crippen LogP contribution in [-0.4, -0.2) is 24.3 Å². The fraction of sp³-hybridized carbons (Fsp3) is 0.938. The van der Waals surface area contributed by atoms with Gasteiger partial charge in [0, 0.05) is 6.92 Å². The molecule has 116 valence electrons. The predicted octanol–water partition coefficient (Wildman–Crippen LogP) is 4.73. The summed E-state index contributed by atoms with van der Waals surface area (Å²) in [6, 6.07) is 0. The number of carbonyl (C=O) groups is 1. The summed E-state index contributed by atoms with van der Waals surface area (Å²) < 4.78 is 10.2. The van der Waals surface area contributed by atoms with Crippen LogP contribution in [0.25, 0.3) is 0 Å². The van der Waals surface area contributed by atoms with Gasteiger partial charge in [-0.25, -0.2) is 0 Å². The first-order chi connectivity index (χ1) is 8.75. The van der Waals surface area contributed by atoms with E-state index in [1.807, 2.05) is 0 Å². The lowest BCUT2D eigenvalue weighted by atomic mass is 9.99. The van der Waals surface area contributed by atoms with Crippen LogP contribution in [0.15, 0.2) is 0 Å². The van der Waals surface area contributed by atoms with Gasteiger partial charge in [0.25, 0.3) is 0 Å². The van der Waals surface area contributed by atoms with Crippen LogP contribution in [0, 0.1) is 0 Å². The van der Waals surface area contributed by atoms with Gasteiger partial charge in [-0.3, -0.25) is 4.79 Å². The van der Waals surface area contributed by atoms with E-state index in [0.29, 0.717) is 12.7 Å². The highest BCUT2D eigenvalue weighted by Gasteiger charge is 2.18. The Bertz CT molecular complexity index is 210. The average molecular weight is 274 g/mol. The van der Waals surface area contributed by atoms with Gasteiger partial charge in [0.15, 0.2) is 0 Å². The molecule has 0 aliphatic rings. The highest BCUT2D eigenvalue weighted by molar-refractivity contribution is 5.65. The number of rotatable bonds is 8. The molecule has 0 saturated heterocycles. The Morgan fingerprint density at radius 1 is 1.11 bits per heavy atom. The van der Waals surface area contributed by atoms with Gasteiger partial charge < -0.3 is 9.47 Å². The molecular weight excluding hydrogens is 240 g/mol. The van der Waals surface area contributed by atoms with Crippen LogP contribution in [0.1, 0.15) is 80.6 Å². The Morgan fingerprint density at radius 3 is 2.00 bits per heavy atom. The zero-order valence-corrected chi connectivity index (χ0v) is 14.0. The Balaban J connectivity index is 0. The first-order valence-electron chi connectivity index (χ1n) is 7.56. The first-order valence-corrected chi connectivity index (χ1v) is 7.56. The van der Waals surface area contributed by atoms with Gasteiger partial charge in [-0.15, -0.1) is 0 Å². The molecule has 3 heteroatoms. The molecule has 0 radical (unpaired) electrons. The molecule has 0 bridgehead atoms. The monoisotopic (exact) mass is 274 g/mol. The van der Waals surface area contributed by atoms with Crippen molar-refractivity contribution in [3.63, 3.8) is 0 Å². The molecule has 19 heavy (non-hydrogen) atoms. The molecule has 0 aliphatic heterocycles. The Labute approximate surface area is 120 Å². The minimum atomic E-state index is -0.211. The summed E-state index contributed by atoms with van der Waals surface area (Å²) in [7, 11) is 0. The third-order valence-electron chi connectivity index (χ3n) is 2.53. The van der Waals surface area contributed by atoms with Gasteiger partial charge >= 0.3 is 5.97 Å². The standard InChI is InChI=1S/C12H26O.C4H8O2/c1-6-7-8-9-10-12(4,5)13-11(2)3;1-3-6-4(2)5/h11H,6-10H2,1-5H3;3H2,1-2H3. The van der Waals surface area contributed by atoms with Crippen LogP contribution in [0.2, 0.25) is 0 Å². The molecule has 0 fully saturated rings. The number of hydrogen-bond donors (Lipinski definition) is 0. The molecule has 0 amide bonds. The lowest BCUT2D eigenvalue weighted by molar-refractivity contribution is -0.140. The maximum absolute atomic E-state index is 9.82. The number of hydrogen-bond acceptors (Lipinski definition) is 3. The molecule has 0 spiro atoms. The normalized spacial score (nSPS) is 10.9. The second-order valence-electron chi connectivity index (χ2n) is 5.66. The van der Waals surface area contributed by atoms with Crippen LogP contribution < -0.4 is 0 Å². The molecular formula is C16H34O3. The maximum atomic E-state index is 9.82. The molecule has 0 unspecified atom stereocenters. The zero-order chi connectivity index (χ0) is 15.3. The van der Waals surface area contributed by atoms with Crippen molar-refractivity contribution in [1.29, 1.82) is 0 Å². The minimum absolute atomic E-state index is 0.0713. The summed E-state index contributed by atoms with van der Waals surface area (Å²) in [4.78, 5) is 9.82. The lowest BCUT2D eigenvalue weighted by Gasteiger charge is -2.27. The van der Waals surface area contributed by atoms with Crippen molar-refractivity contribution >= 4 is 5.97 Å². The summed E-state index contributed by atoms with van der Waals surface area (Å²) in [5.41, 5.74) is 0.0713. The Morgan fingerprint density at radius 2 is 1.68 bits per heavy atom. The molecule has 0 atom stereocenters. The van der Waals surface area contributed by atoms with Gasteiger partial charge in [-0.05, 0) is 41.0 Å². The van der Waals surface area contributed by atoms with Crippen molar-refractivity contribution in [2.24, 2.45) is 0 Å². The lowest BCUT2D eigenvalue weighted by Crippen LogP contribution is -2.27. The summed E-state index contributed by atoms with van der Waals surface area (Å²) in [5, 5.41) is 0. The van der Waals surface area contributed by atoms with E-state index in [0.717, 1.165) is 0 Å². The number of carbonyl (C=O) groups excluding carboxylic acids is 1. The van der Waals surface area contributed by atoms with E-state index in [4.69, 9.17) is 4.74 Å². The largest absolute Gasteiger partial charge is 0.466 e. The van der Waals surface area contributed by atoms with Crippen molar-refractivity contribution in [3.05, 3.63) is 0 Å². The van der Waals surface area contributed by atoms with Crippen molar-refractivity contribution in [3.8, 4) is 0 Å². The van der Waals surface area contributed by atoms with Crippen LogP contribution in [0.3, 0.4) is 0 Å². The van der Waals surface area contributed by atoms with Crippen molar-refractivity contribution in [2.75, 3.05) is 6.61 Å². The second-order valence-corrected chi connectivity index (χ2v) is 5.66. The summed E-state index contributed by atoms with van der Waals surface area (Å²) in [6.45, 7) is 14.5. The van der Waals surface area contributed by atoms with E-state index in [9.17, 15) is 4.79 Å². The Kier molecular flexibility index (Phi) is 13.6. The van der Waals surface area contributed by atoms with E-state index >= 15 is 0 Å². The fourth-order valence-corrected chi connectivity index (χ4v) is 1.88. The Hall–Kier alpha value is -0.570. The first kappa shape index (κ1) is 20.7. The molecule has 0 N–H and O–H groups in total. The molecule has 3 nitrogen and oxygen atoms in total. The average Bonchev–Trinajstić information content (AvgIpc) is 2.23. The summed E-state index contributed by atoms with van der Waals surface area (Å²) >= 11 is 0. The smallest absolute Gasteiger partial charge is 0.302 e. The van der Waals surface area contributed by atoms with E-state index in [1.165, 1.54) is 39.0 Å². The topological polar surface area (TPSA) is 35.5 Å². The van der Waals surface area contributed by atoms with Crippen LogP contribution >= 0.6 is 0 Å². The van der Waals surface area contributed by atoms with Crippen molar-refractivity contribution in [2.45, 2.75) is 92.3 Å². The molecule has 0 aliphatic carbocycles. The SMILES string of the molecule is CCCCCCC(C)(C)OC(C)C.CCOC(C)=O. The van der Waals surface area contributed by atoms with E-state index in [2.05, 4.69) is 39.4 Å². The second kappa shape index (κ2) is 12.5. The maximum Gasteiger partial charge on any atom is 0.302 e. The number of unbranched alkanes of at least 4 members (excludes halogenated alkanes) is 3.